The Morgan fingerprint density at radius 3 is 1.80 bits per heavy atom. The molecular weight excluding hydrogens is 523 g/mol. The van der Waals surface area contributed by atoms with Crippen LogP contribution in [0.25, 0.3) is 0 Å². The Hall–Kier alpha value is -0.620. The molecule has 6 atom stereocenters. The van der Waals surface area contributed by atoms with Crippen LogP contribution in [0.15, 0.2) is 23.5 Å². The van der Waals surface area contributed by atoms with Crippen molar-refractivity contribution in [3.63, 3.8) is 0 Å². The standard InChI is InChI=1S/C33H53O6P/c1-21(40(36-27(2,3)28(4,5)37-40)38-29(6,7)30(8,9)39-40)33(35)19-16-26-24-13-12-22-20-23(34)14-17-31(22,10)25(24)15-18-32(26,33)11/h20,24-26,35H,1,12-19H2,2-11H3/t24-,25+,26+,31+,32+,33?/m1/s1. The summed E-state index contributed by atoms with van der Waals surface area (Å²) in [6.45, 7) is 25.5. The summed E-state index contributed by atoms with van der Waals surface area (Å²) in [7, 11) is -4.53. The van der Waals surface area contributed by atoms with E-state index in [0.717, 1.165) is 38.5 Å². The van der Waals surface area contributed by atoms with E-state index < -0.39 is 40.9 Å². The third-order valence-electron chi connectivity index (χ3n) is 13.5. The van der Waals surface area contributed by atoms with Crippen molar-refractivity contribution in [1.82, 2.24) is 0 Å². The SMILES string of the molecule is C=C(C1(O)CC[C@H]2[C@@H]3CCC4=CC(=O)CC[C@]4(C)[C@H]3CC[C@@]21C)P12(OC(C)(C)C(C)(C)O1)OC(C)(C)C(C)(C)O2. The first-order chi connectivity index (χ1) is 18.1. The van der Waals surface area contributed by atoms with Gasteiger partial charge in [0.25, 0.3) is 0 Å². The van der Waals surface area contributed by atoms with Crippen LogP contribution in [0.3, 0.4) is 0 Å². The molecule has 0 aromatic rings. The van der Waals surface area contributed by atoms with E-state index in [1.54, 1.807) is 0 Å². The first kappa shape index (κ1) is 29.5. The summed E-state index contributed by atoms with van der Waals surface area (Å²) in [6, 6.07) is 0. The normalized spacial score (nSPS) is 47.9. The number of hydrogen-bond donors (Lipinski definition) is 1. The second kappa shape index (κ2) is 7.90. The number of ketones is 1. The zero-order chi connectivity index (χ0) is 29.6. The third kappa shape index (κ3) is 3.36. The molecule has 5 fully saturated rings. The molecule has 2 saturated heterocycles. The summed E-state index contributed by atoms with van der Waals surface area (Å²) in [4.78, 5) is 12.3. The van der Waals surface area contributed by atoms with Crippen LogP contribution in [0.5, 0.6) is 0 Å². The first-order valence-electron chi connectivity index (χ1n) is 15.6. The van der Waals surface area contributed by atoms with E-state index in [2.05, 4.69) is 20.4 Å². The van der Waals surface area contributed by atoms with Crippen LogP contribution in [0.2, 0.25) is 0 Å². The maximum absolute atomic E-state index is 13.1. The molecule has 0 aromatic carbocycles. The summed E-state index contributed by atoms with van der Waals surface area (Å²) in [6.07, 6.45) is 9.06. The van der Waals surface area contributed by atoms with Crippen molar-refractivity contribution in [3.8, 4) is 0 Å². The van der Waals surface area contributed by atoms with Crippen molar-refractivity contribution in [2.45, 2.75) is 149 Å². The molecule has 226 valence electrons. The van der Waals surface area contributed by atoms with Gasteiger partial charge < -0.3 is 0 Å². The summed E-state index contributed by atoms with van der Waals surface area (Å²) in [5.74, 6) is 1.67. The van der Waals surface area contributed by atoms with Crippen LogP contribution in [-0.2, 0) is 22.9 Å². The molecular formula is C33H53O6P. The quantitative estimate of drug-likeness (QED) is 0.334. The number of hydrogen-bond acceptors (Lipinski definition) is 6. The second-order valence-corrected chi connectivity index (χ2v) is 19.4. The van der Waals surface area contributed by atoms with E-state index in [9.17, 15) is 9.90 Å². The summed E-state index contributed by atoms with van der Waals surface area (Å²) < 4.78 is 28.0. The van der Waals surface area contributed by atoms with Crippen LogP contribution in [0.1, 0.15) is 121 Å². The number of aliphatic hydroxyl groups is 1. The molecule has 1 spiro atoms. The Kier molecular flexibility index (Phi) is 5.82. The van der Waals surface area contributed by atoms with Crippen molar-refractivity contribution < 1.29 is 28.0 Å². The van der Waals surface area contributed by atoms with Crippen LogP contribution in [0.4, 0.5) is 0 Å². The van der Waals surface area contributed by atoms with Gasteiger partial charge in [-0.05, 0) is 0 Å². The number of allylic oxidation sites excluding steroid dienone is 1. The van der Waals surface area contributed by atoms with E-state index in [1.807, 2.05) is 61.5 Å². The molecule has 40 heavy (non-hydrogen) atoms. The van der Waals surface area contributed by atoms with Gasteiger partial charge in [0.1, 0.15) is 0 Å². The Balaban J connectivity index is 1.42. The fourth-order valence-corrected chi connectivity index (χ4v) is 15.4. The van der Waals surface area contributed by atoms with Crippen LogP contribution < -0.4 is 0 Å². The van der Waals surface area contributed by atoms with Gasteiger partial charge >= 0.3 is 242 Å². The molecule has 2 aliphatic heterocycles. The zero-order valence-electron chi connectivity index (χ0n) is 26.6. The molecule has 0 bridgehead atoms. The Labute approximate surface area is 241 Å². The minimum absolute atomic E-state index is 0.0848. The molecule has 3 saturated carbocycles. The summed E-state index contributed by atoms with van der Waals surface area (Å²) in [5, 5.41) is 13.5. The summed E-state index contributed by atoms with van der Waals surface area (Å²) in [5.41, 5.74) is -3.12. The molecule has 1 N–H and O–H groups in total. The molecule has 0 amide bonds. The van der Waals surface area contributed by atoms with Gasteiger partial charge in [-0.3, -0.25) is 0 Å². The topological polar surface area (TPSA) is 74.2 Å². The molecule has 7 heteroatoms. The Morgan fingerprint density at radius 2 is 1.27 bits per heavy atom. The fourth-order valence-electron chi connectivity index (χ4n) is 9.70. The van der Waals surface area contributed by atoms with Crippen LogP contribution in [0, 0.1) is 28.6 Å². The molecule has 0 aromatic heterocycles. The molecule has 2 heterocycles. The van der Waals surface area contributed by atoms with Crippen molar-refractivity contribution in [3.05, 3.63) is 23.5 Å². The fraction of sp³-hybridized carbons (Fsp3) is 0.848. The minimum atomic E-state index is -4.53. The first-order valence-corrected chi connectivity index (χ1v) is 17.5. The van der Waals surface area contributed by atoms with Gasteiger partial charge in [-0.1, -0.05) is 0 Å². The van der Waals surface area contributed by atoms with Crippen molar-refractivity contribution >= 4 is 13.3 Å². The monoisotopic (exact) mass is 576 g/mol. The van der Waals surface area contributed by atoms with E-state index in [0.29, 0.717) is 35.9 Å². The molecule has 6 nitrogen and oxygen atoms in total. The molecule has 4 aliphatic carbocycles. The maximum atomic E-state index is 13.1. The predicted molar refractivity (Wildman–Crippen MR) is 158 cm³/mol. The third-order valence-corrected chi connectivity index (χ3v) is 17.8. The van der Waals surface area contributed by atoms with E-state index in [-0.39, 0.29) is 11.2 Å². The number of fused-ring (bicyclic) bond motifs is 5. The van der Waals surface area contributed by atoms with Crippen molar-refractivity contribution in [1.29, 1.82) is 0 Å². The average Bonchev–Trinajstić information content (AvgIpc) is 3.24. The molecule has 1 unspecified atom stereocenters. The Bertz CT molecular complexity index is 1140. The van der Waals surface area contributed by atoms with E-state index >= 15 is 0 Å². The van der Waals surface area contributed by atoms with Gasteiger partial charge in [-0.2, -0.15) is 0 Å². The van der Waals surface area contributed by atoms with Crippen molar-refractivity contribution in [2.75, 3.05) is 0 Å². The second-order valence-electron chi connectivity index (χ2n) is 16.5. The van der Waals surface area contributed by atoms with Crippen molar-refractivity contribution in [2.24, 2.45) is 28.6 Å². The molecule has 0 radical (unpaired) electrons. The van der Waals surface area contributed by atoms with Gasteiger partial charge in [-0.15, -0.1) is 0 Å². The summed E-state index contributed by atoms with van der Waals surface area (Å²) >= 11 is 0. The molecule has 6 rings (SSSR count). The van der Waals surface area contributed by atoms with Gasteiger partial charge in [0, 0.05) is 0 Å². The van der Waals surface area contributed by atoms with Crippen LogP contribution in [-0.4, -0.2) is 38.9 Å². The number of rotatable bonds is 2. The number of carbonyl (C=O) groups excluding carboxylic acids is 1. The Morgan fingerprint density at radius 1 is 0.775 bits per heavy atom. The average molecular weight is 577 g/mol. The van der Waals surface area contributed by atoms with Gasteiger partial charge in [0.15, 0.2) is 0 Å². The van der Waals surface area contributed by atoms with Crippen LogP contribution >= 0.6 is 7.51 Å². The van der Waals surface area contributed by atoms with Gasteiger partial charge in [0.05, 0.1) is 0 Å². The molecule has 6 aliphatic rings. The number of carbonyl (C=O) groups is 1. The predicted octanol–water partition coefficient (Wildman–Crippen LogP) is 8.18. The van der Waals surface area contributed by atoms with Gasteiger partial charge in [-0.25, -0.2) is 0 Å². The van der Waals surface area contributed by atoms with E-state index in [4.69, 9.17) is 18.1 Å². The zero-order valence-corrected chi connectivity index (χ0v) is 27.5. The van der Waals surface area contributed by atoms with Gasteiger partial charge in [0.2, 0.25) is 0 Å². The van der Waals surface area contributed by atoms with E-state index in [1.165, 1.54) is 5.57 Å².